The van der Waals surface area contributed by atoms with Gasteiger partial charge in [-0.2, -0.15) is 0 Å². The number of imide groups is 1. The van der Waals surface area contributed by atoms with Crippen molar-refractivity contribution in [3.63, 3.8) is 0 Å². The fourth-order valence-corrected chi connectivity index (χ4v) is 7.73. The monoisotopic (exact) mass is 805 g/mol. The Bertz CT molecular complexity index is 1970. The van der Waals surface area contributed by atoms with Gasteiger partial charge in [-0.15, -0.1) is 0 Å². The number of nitrogens with one attached hydrogen (secondary N) is 2. The molecule has 13 nitrogen and oxygen atoms in total. The van der Waals surface area contributed by atoms with Gasteiger partial charge in [0, 0.05) is 61.9 Å². The molecule has 2 fully saturated rings. The number of hydrogen-bond donors (Lipinski definition) is 2. The highest BCUT2D eigenvalue weighted by Gasteiger charge is 2.31. The number of amides is 6. The van der Waals surface area contributed by atoms with Crippen LogP contribution in [0.5, 0.6) is 5.75 Å². The maximum Gasteiger partial charge on any atom is 0.410 e. The predicted octanol–water partition coefficient (Wildman–Crippen LogP) is 5.75. The number of thioether (sulfide) groups is 2. The summed E-state index contributed by atoms with van der Waals surface area (Å²) in [5, 5.41) is 5.32. The number of nitrogens with zero attached hydrogens (tertiary/aromatic N) is 3. The van der Waals surface area contributed by atoms with Gasteiger partial charge in [0.1, 0.15) is 22.3 Å². The van der Waals surface area contributed by atoms with Crippen LogP contribution < -0.4 is 15.4 Å². The van der Waals surface area contributed by atoms with Crippen LogP contribution in [-0.4, -0.2) is 110 Å². The van der Waals surface area contributed by atoms with Gasteiger partial charge in [0.15, 0.2) is 0 Å². The highest BCUT2D eigenvalue weighted by atomic mass is 32.2. The number of thiocarbonyl (C=S) groups is 1. The van der Waals surface area contributed by atoms with E-state index in [2.05, 4.69) is 10.6 Å². The maximum absolute atomic E-state index is 13.7. The second-order valence-electron chi connectivity index (χ2n) is 13.6. The quantitative estimate of drug-likeness (QED) is 0.203. The molecule has 0 aliphatic carbocycles. The van der Waals surface area contributed by atoms with Gasteiger partial charge in [-0.3, -0.25) is 33.8 Å². The van der Waals surface area contributed by atoms with Gasteiger partial charge in [0.2, 0.25) is 0 Å². The van der Waals surface area contributed by atoms with Crippen molar-refractivity contribution in [3.8, 4) is 5.75 Å². The van der Waals surface area contributed by atoms with Crippen molar-refractivity contribution in [2.24, 2.45) is 0 Å². The first-order valence-corrected chi connectivity index (χ1v) is 20.0. The summed E-state index contributed by atoms with van der Waals surface area (Å²) in [5.41, 5.74) is 1.33. The molecule has 3 aromatic carbocycles. The molecule has 0 bridgehead atoms. The van der Waals surface area contributed by atoms with E-state index in [0.29, 0.717) is 34.5 Å². The molecule has 16 heteroatoms. The van der Waals surface area contributed by atoms with Crippen LogP contribution in [0.3, 0.4) is 0 Å². The summed E-state index contributed by atoms with van der Waals surface area (Å²) < 4.78 is 12.2. The van der Waals surface area contributed by atoms with E-state index in [1.165, 1.54) is 26.5 Å². The molecule has 2 aliphatic rings. The lowest BCUT2D eigenvalue weighted by Gasteiger charge is -2.27. The minimum absolute atomic E-state index is 0.00590. The predicted molar refractivity (Wildman–Crippen MR) is 216 cm³/mol. The molecule has 0 unspecified atom stereocenters. The molecule has 3 aromatic rings. The Hall–Kier alpha value is -4.93. The summed E-state index contributed by atoms with van der Waals surface area (Å²) in [6, 6.07) is 18.9. The van der Waals surface area contributed by atoms with Crippen LogP contribution in [0.4, 0.5) is 9.59 Å². The molecule has 0 radical (unpaired) electrons. The van der Waals surface area contributed by atoms with E-state index in [1.54, 1.807) is 64.1 Å². The van der Waals surface area contributed by atoms with Crippen molar-refractivity contribution in [2.45, 2.75) is 39.9 Å². The van der Waals surface area contributed by atoms with Gasteiger partial charge >= 0.3 is 6.09 Å². The summed E-state index contributed by atoms with van der Waals surface area (Å²) in [6.07, 6.45) is -0.646. The maximum atomic E-state index is 13.7. The van der Waals surface area contributed by atoms with Crippen LogP contribution >= 0.6 is 35.7 Å². The molecule has 2 saturated heterocycles. The molecular weight excluding hydrogens is 763 g/mol. The van der Waals surface area contributed by atoms with Crippen molar-refractivity contribution >= 4 is 75.0 Å². The molecule has 0 aromatic heterocycles. The molecular formula is C39H43N5O8S3. The highest BCUT2D eigenvalue weighted by molar-refractivity contribution is 8.23. The first-order valence-electron chi connectivity index (χ1n) is 17.7. The van der Waals surface area contributed by atoms with Gasteiger partial charge in [0.05, 0.1) is 11.1 Å². The average molecular weight is 806 g/mol. The number of para-hydroxylation sites is 1. The zero-order valence-corrected chi connectivity index (χ0v) is 33.5. The highest BCUT2D eigenvalue weighted by Crippen LogP contribution is 2.30. The molecule has 0 atom stereocenters. The summed E-state index contributed by atoms with van der Waals surface area (Å²) in [5.74, 6) is -0.480. The largest absolute Gasteiger partial charge is 0.487 e. The lowest BCUT2D eigenvalue weighted by Crippen LogP contribution is -2.45. The number of hydrogen-bond acceptors (Lipinski definition) is 11. The Labute approximate surface area is 333 Å². The second-order valence-corrected chi connectivity index (χ2v) is 16.3. The molecule has 2 aliphatic heterocycles. The van der Waals surface area contributed by atoms with Crippen molar-refractivity contribution in [3.05, 3.63) is 100 Å². The minimum atomic E-state index is -0.810. The van der Waals surface area contributed by atoms with Crippen LogP contribution in [-0.2, 0) is 11.3 Å². The number of ether oxygens (including phenoxy) is 2. The topological polar surface area (TPSA) is 155 Å². The Morgan fingerprint density at radius 3 is 1.93 bits per heavy atom. The molecule has 290 valence electrons. The van der Waals surface area contributed by atoms with Crippen molar-refractivity contribution in [2.75, 3.05) is 50.8 Å². The fraction of sp³-hybridized carbons (Fsp3) is 0.359. The third kappa shape index (κ3) is 10.6. The van der Waals surface area contributed by atoms with E-state index in [9.17, 15) is 28.8 Å². The number of carbonyl (C=O) groups excluding carboxylic acids is 6. The smallest absolute Gasteiger partial charge is 0.410 e. The number of rotatable bonds is 13. The van der Waals surface area contributed by atoms with E-state index in [-0.39, 0.29) is 71.9 Å². The van der Waals surface area contributed by atoms with Gasteiger partial charge in [0.25, 0.3) is 28.9 Å². The molecule has 0 spiro atoms. The standard InChI is InChI=1S/C39H43N5O8S3/c1-25-27(12-8-13-28(25)34(47)43-20-22-54-37(43)50)32(45)40-16-18-42(36(49)52-39(2,3)4)19-17-41-33(46)29-14-9-15-30(35(48)44-21-23-55-38(44)53)31(29)51-24-26-10-6-5-7-11-26/h5-15H,16-24H2,1-4H3,(H,40,45)(H,41,46). The normalized spacial score (nSPS) is 14.1. The van der Waals surface area contributed by atoms with Gasteiger partial charge in [-0.25, -0.2) is 4.79 Å². The zero-order valence-electron chi connectivity index (χ0n) is 31.0. The van der Waals surface area contributed by atoms with Crippen LogP contribution in [0.1, 0.15) is 73.3 Å². The summed E-state index contributed by atoms with van der Waals surface area (Å²) in [4.78, 5) is 83.1. The van der Waals surface area contributed by atoms with Crippen molar-refractivity contribution in [1.82, 2.24) is 25.3 Å². The molecule has 2 heterocycles. The molecule has 0 saturated carbocycles. The number of carbonyl (C=O) groups is 6. The third-order valence-corrected chi connectivity index (χ3v) is 10.8. The van der Waals surface area contributed by atoms with E-state index >= 15 is 0 Å². The van der Waals surface area contributed by atoms with Crippen LogP contribution in [0.25, 0.3) is 0 Å². The van der Waals surface area contributed by atoms with E-state index in [0.717, 1.165) is 17.3 Å². The zero-order chi connectivity index (χ0) is 39.7. The second kappa shape index (κ2) is 18.6. The molecule has 6 amide bonds. The Balaban J connectivity index is 1.26. The lowest BCUT2D eigenvalue weighted by atomic mass is 10.0. The van der Waals surface area contributed by atoms with Gasteiger partial charge < -0.3 is 25.0 Å². The molecule has 55 heavy (non-hydrogen) atoms. The average Bonchev–Trinajstić information content (AvgIpc) is 3.79. The lowest BCUT2D eigenvalue weighted by molar-refractivity contribution is 0.0250. The van der Waals surface area contributed by atoms with E-state index in [4.69, 9.17) is 21.7 Å². The van der Waals surface area contributed by atoms with E-state index in [1.807, 2.05) is 30.3 Å². The summed E-state index contributed by atoms with van der Waals surface area (Å²) in [6.45, 7) is 7.82. The first kappa shape index (κ1) is 41.2. The van der Waals surface area contributed by atoms with E-state index < -0.39 is 29.4 Å². The number of benzene rings is 3. The Kier molecular flexibility index (Phi) is 13.9. The van der Waals surface area contributed by atoms with Crippen molar-refractivity contribution in [1.29, 1.82) is 0 Å². The Morgan fingerprint density at radius 1 is 0.764 bits per heavy atom. The summed E-state index contributed by atoms with van der Waals surface area (Å²) in [7, 11) is 0. The summed E-state index contributed by atoms with van der Waals surface area (Å²) >= 11 is 7.88. The third-order valence-electron chi connectivity index (χ3n) is 8.52. The SMILES string of the molecule is Cc1c(C(=O)NCCN(CCNC(=O)c2cccc(C(=O)N3CCSC3=S)c2OCc2ccccc2)C(=O)OC(C)(C)C)cccc1C(=O)N1CCSC1=O. The van der Waals surface area contributed by atoms with Crippen LogP contribution in [0, 0.1) is 6.92 Å². The molecule has 5 rings (SSSR count). The van der Waals surface area contributed by atoms with Gasteiger partial charge in [-0.05, 0) is 63.1 Å². The minimum Gasteiger partial charge on any atom is -0.487 e. The Morgan fingerprint density at radius 2 is 1.33 bits per heavy atom. The molecule has 2 N–H and O–H groups in total. The van der Waals surface area contributed by atoms with Crippen LogP contribution in [0.2, 0.25) is 0 Å². The van der Waals surface area contributed by atoms with Gasteiger partial charge in [-0.1, -0.05) is 78.2 Å². The van der Waals surface area contributed by atoms with Crippen molar-refractivity contribution < 1.29 is 38.2 Å². The van der Waals surface area contributed by atoms with Crippen LogP contribution in [0.15, 0.2) is 66.7 Å². The first-order chi connectivity index (χ1) is 26.2. The fourth-order valence-electron chi connectivity index (χ4n) is 5.75.